The number of nitrogens with one attached hydrogen (secondary N) is 1. The predicted molar refractivity (Wildman–Crippen MR) is 47.9 cm³/mol. The van der Waals surface area contributed by atoms with E-state index >= 15 is 0 Å². The van der Waals surface area contributed by atoms with E-state index in [0.717, 1.165) is 5.56 Å². The molecular formula is C9H11N3O. The number of hydrogen-bond donors (Lipinski definition) is 2. The Labute approximate surface area is 76.1 Å². The quantitative estimate of drug-likeness (QED) is 0.394. The van der Waals surface area contributed by atoms with E-state index in [-0.39, 0.29) is 5.91 Å². The summed E-state index contributed by atoms with van der Waals surface area (Å²) >= 11 is 0. The average Bonchev–Trinajstić information content (AvgIpc) is 3.00. The van der Waals surface area contributed by atoms with E-state index in [1.54, 1.807) is 0 Å². The zero-order chi connectivity index (χ0) is 9.26. The molecule has 0 spiro atoms. The van der Waals surface area contributed by atoms with Gasteiger partial charge < -0.3 is 0 Å². The molecule has 3 N–H and O–H groups in total. The number of carbonyl (C=O) groups excluding carboxylic acids is 1. The highest BCUT2D eigenvalue weighted by atomic mass is 16.2. The molecule has 1 aromatic heterocycles. The Balaban J connectivity index is 2.26. The third-order valence-corrected chi connectivity index (χ3v) is 2.20. The second kappa shape index (κ2) is 3.14. The third kappa shape index (κ3) is 1.67. The highest BCUT2D eigenvalue weighted by molar-refractivity contribution is 5.93. The first kappa shape index (κ1) is 8.19. The van der Waals surface area contributed by atoms with E-state index in [0.29, 0.717) is 11.5 Å². The number of aromatic nitrogens is 1. The first-order valence-corrected chi connectivity index (χ1v) is 4.27. The van der Waals surface area contributed by atoms with Crippen LogP contribution in [0.25, 0.3) is 0 Å². The van der Waals surface area contributed by atoms with Crippen molar-refractivity contribution in [1.82, 2.24) is 10.4 Å². The van der Waals surface area contributed by atoms with Crippen molar-refractivity contribution in [2.75, 3.05) is 0 Å². The Kier molecular flexibility index (Phi) is 1.98. The number of pyridine rings is 1. The molecule has 1 saturated carbocycles. The number of nitrogen functional groups attached to an aromatic ring is 1. The molecule has 0 saturated heterocycles. The van der Waals surface area contributed by atoms with Gasteiger partial charge in [0.2, 0.25) is 0 Å². The summed E-state index contributed by atoms with van der Waals surface area (Å²) in [7, 11) is 0. The maximum absolute atomic E-state index is 11.1. The number of carbonyl (C=O) groups is 1. The first-order valence-electron chi connectivity index (χ1n) is 4.27. The first-order chi connectivity index (χ1) is 6.31. The van der Waals surface area contributed by atoms with Gasteiger partial charge >= 0.3 is 0 Å². The topological polar surface area (TPSA) is 68.0 Å². The second-order valence-corrected chi connectivity index (χ2v) is 3.25. The van der Waals surface area contributed by atoms with Crippen molar-refractivity contribution in [3.63, 3.8) is 0 Å². The van der Waals surface area contributed by atoms with Gasteiger partial charge in [-0.3, -0.25) is 15.2 Å². The van der Waals surface area contributed by atoms with Crippen molar-refractivity contribution in [2.45, 2.75) is 18.8 Å². The van der Waals surface area contributed by atoms with Crippen molar-refractivity contribution < 1.29 is 4.79 Å². The Bertz CT molecular complexity index is 333. The van der Waals surface area contributed by atoms with Crippen molar-refractivity contribution >= 4 is 5.91 Å². The van der Waals surface area contributed by atoms with Crippen LogP contribution in [0.1, 0.15) is 34.7 Å². The lowest BCUT2D eigenvalue weighted by Gasteiger charge is -2.01. The molecular weight excluding hydrogens is 166 g/mol. The lowest BCUT2D eigenvalue weighted by Crippen LogP contribution is -2.30. The molecule has 0 unspecified atom stereocenters. The molecule has 13 heavy (non-hydrogen) atoms. The molecule has 1 amide bonds. The molecule has 0 radical (unpaired) electrons. The lowest BCUT2D eigenvalue weighted by atomic mass is 10.1. The lowest BCUT2D eigenvalue weighted by molar-refractivity contribution is 0.0953. The minimum absolute atomic E-state index is 0.282. The summed E-state index contributed by atoms with van der Waals surface area (Å²) in [5, 5.41) is 0. The Morgan fingerprint density at radius 3 is 2.92 bits per heavy atom. The fraction of sp³-hybridized carbons (Fsp3) is 0.333. The normalized spacial score (nSPS) is 15.5. The SMILES string of the molecule is NNC(=O)c1cncc(C2CC2)c1. The molecule has 0 aliphatic heterocycles. The molecule has 2 rings (SSSR count). The monoisotopic (exact) mass is 177 g/mol. The summed E-state index contributed by atoms with van der Waals surface area (Å²) < 4.78 is 0. The molecule has 4 nitrogen and oxygen atoms in total. The van der Waals surface area contributed by atoms with Crippen molar-refractivity contribution in [2.24, 2.45) is 5.84 Å². The van der Waals surface area contributed by atoms with E-state index in [1.807, 2.05) is 12.3 Å². The molecule has 0 aromatic carbocycles. The van der Waals surface area contributed by atoms with Crippen LogP contribution in [0.4, 0.5) is 0 Å². The Morgan fingerprint density at radius 2 is 2.31 bits per heavy atom. The van der Waals surface area contributed by atoms with E-state index in [2.05, 4.69) is 10.4 Å². The predicted octanol–water partition coefficient (Wildman–Crippen LogP) is 0.562. The van der Waals surface area contributed by atoms with Crippen LogP contribution < -0.4 is 11.3 Å². The molecule has 1 aromatic rings. The fourth-order valence-electron chi connectivity index (χ4n) is 1.31. The summed E-state index contributed by atoms with van der Waals surface area (Å²) in [6.07, 6.45) is 5.74. The standard InChI is InChI=1S/C9H11N3O/c10-12-9(13)8-3-7(4-11-5-8)6-1-2-6/h3-6H,1-2,10H2,(H,12,13). The summed E-state index contributed by atoms with van der Waals surface area (Å²) in [5.41, 5.74) is 3.76. The van der Waals surface area contributed by atoms with E-state index < -0.39 is 0 Å². The minimum atomic E-state index is -0.282. The molecule has 1 heterocycles. The Morgan fingerprint density at radius 1 is 1.54 bits per heavy atom. The Hall–Kier alpha value is -1.42. The molecule has 1 aliphatic carbocycles. The number of nitrogens with zero attached hydrogens (tertiary/aromatic N) is 1. The van der Waals surface area contributed by atoms with Crippen LogP contribution in [-0.4, -0.2) is 10.9 Å². The molecule has 1 aliphatic rings. The van der Waals surface area contributed by atoms with Gasteiger partial charge in [-0.05, 0) is 30.4 Å². The molecule has 1 fully saturated rings. The van der Waals surface area contributed by atoms with E-state index in [9.17, 15) is 4.79 Å². The van der Waals surface area contributed by atoms with E-state index in [1.165, 1.54) is 19.0 Å². The summed E-state index contributed by atoms with van der Waals surface area (Å²) in [6.45, 7) is 0. The fourth-order valence-corrected chi connectivity index (χ4v) is 1.31. The van der Waals surface area contributed by atoms with Crippen molar-refractivity contribution in [3.05, 3.63) is 29.6 Å². The summed E-state index contributed by atoms with van der Waals surface area (Å²) in [5.74, 6) is 5.35. The van der Waals surface area contributed by atoms with Crippen LogP contribution in [0.2, 0.25) is 0 Å². The largest absolute Gasteiger partial charge is 0.290 e. The number of nitrogens with two attached hydrogens (primary N) is 1. The summed E-state index contributed by atoms with van der Waals surface area (Å²) in [4.78, 5) is 15.1. The average molecular weight is 177 g/mol. The van der Waals surface area contributed by atoms with Gasteiger partial charge in [-0.25, -0.2) is 5.84 Å². The highest BCUT2D eigenvalue weighted by Gasteiger charge is 2.24. The van der Waals surface area contributed by atoms with Gasteiger partial charge in [0.05, 0.1) is 5.56 Å². The maximum atomic E-state index is 11.1. The molecule has 4 heteroatoms. The van der Waals surface area contributed by atoms with Crippen LogP contribution in [0.5, 0.6) is 0 Å². The zero-order valence-corrected chi connectivity index (χ0v) is 7.16. The molecule has 0 atom stereocenters. The van der Waals surface area contributed by atoms with Crippen LogP contribution in [0.15, 0.2) is 18.5 Å². The molecule has 68 valence electrons. The number of hydrogen-bond acceptors (Lipinski definition) is 3. The van der Waals surface area contributed by atoms with Gasteiger partial charge in [0, 0.05) is 12.4 Å². The van der Waals surface area contributed by atoms with Gasteiger partial charge in [-0.2, -0.15) is 0 Å². The van der Waals surface area contributed by atoms with Gasteiger partial charge in [0.15, 0.2) is 0 Å². The van der Waals surface area contributed by atoms with Crippen LogP contribution in [-0.2, 0) is 0 Å². The van der Waals surface area contributed by atoms with Crippen molar-refractivity contribution in [3.8, 4) is 0 Å². The number of hydrazine groups is 1. The van der Waals surface area contributed by atoms with Crippen LogP contribution in [0, 0.1) is 0 Å². The third-order valence-electron chi connectivity index (χ3n) is 2.20. The van der Waals surface area contributed by atoms with Gasteiger partial charge in [0.25, 0.3) is 5.91 Å². The maximum Gasteiger partial charge on any atom is 0.266 e. The van der Waals surface area contributed by atoms with Crippen molar-refractivity contribution in [1.29, 1.82) is 0 Å². The zero-order valence-electron chi connectivity index (χ0n) is 7.16. The van der Waals surface area contributed by atoms with Crippen LogP contribution in [0.3, 0.4) is 0 Å². The van der Waals surface area contributed by atoms with Gasteiger partial charge in [-0.1, -0.05) is 0 Å². The smallest absolute Gasteiger partial charge is 0.266 e. The second-order valence-electron chi connectivity index (χ2n) is 3.25. The number of amides is 1. The van der Waals surface area contributed by atoms with Crippen LogP contribution >= 0.6 is 0 Å². The molecule has 0 bridgehead atoms. The van der Waals surface area contributed by atoms with Gasteiger partial charge in [0.1, 0.15) is 0 Å². The summed E-state index contributed by atoms with van der Waals surface area (Å²) in [6, 6.07) is 1.85. The minimum Gasteiger partial charge on any atom is -0.290 e. The van der Waals surface area contributed by atoms with E-state index in [4.69, 9.17) is 5.84 Å². The highest BCUT2D eigenvalue weighted by Crippen LogP contribution is 2.39. The van der Waals surface area contributed by atoms with Gasteiger partial charge in [-0.15, -0.1) is 0 Å². The number of rotatable bonds is 2.